The lowest BCUT2D eigenvalue weighted by atomic mass is 10.1. The Bertz CT molecular complexity index is 1100. The normalized spacial score (nSPS) is 10.4. The van der Waals surface area contributed by atoms with Gasteiger partial charge >= 0.3 is 5.97 Å². The zero-order valence-corrected chi connectivity index (χ0v) is 18.0. The summed E-state index contributed by atoms with van der Waals surface area (Å²) >= 11 is 6.14. The highest BCUT2D eigenvalue weighted by Gasteiger charge is 2.12. The van der Waals surface area contributed by atoms with Crippen LogP contribution in [0.5, 0.6) is 5.75 Å². The van der Waals surface area contributed by atoms with Gasteiger partial charge in [0.2, 0.25) is 0 Å². The molecule has 0 aromatic heterocycles. The molecule has 0 saturated carbocycles. The maximum Gasteiger partial charge on any atom is 0.336 e. The second kappa shape index (κ2) is 10.00. The molecular weight excluding hydrogens is 416 g/mol. The van der Waals surface area contributed by atoms with Crippen LogP contribution < -0.4 is 15.4 Å². The molecule has 0 aliphatic carbocycles. The van der Waals surface area contributed by atoms with Gasteiger partial charge in [0.25, 0.3) is 5.91 Å². The van der Waals surface area contributed by atoms with E-state index in [0.717, 1.165) is 11.1 Å². The van der Waals surface area contributed by atoms with E-state index < -0.39 is 5.97 Å². The highest BCUT2D eigenvalue weighted by atomic mass is 35.5. The van der Waals surface area contributed by atoms with Crippen LogP contribution in [0.4, 0.5) is 11.4 Å². The van der Waals surface area contributed by atoms with Gasteiger partial charge in [-0.15, -0.1) is 0 Å². The number of halogens is 1. The lowest BCUT2D eigenvalue weighted by molar-refractivity contribution is -0.118. The zero-order valence-electron chi connectivity index (χ0n) is 17.2. The molecule has 6 nitrogen and oxygen atoms in total. The first-order chi connectivity index (χ1) is 14.8. The summed E-state index contributed by atoms with van der Waals surface area (Å²) in [5.41, 5.74) is 4.12. The van der Waals surface area contributed by atoms with Crippen LogP contribution in [0.2, 0.25) is 5.02 Å². The van der Waals surface area contributed by atoms with Gasteiger partial charge in [0.05, 0.1) is 5.56 Å². The van der Waals surface area contributed by atoms with Gasteiger partial charge in [-0.25, -0.2) is 4.79 Å². The van der Waals surface area contributed by atoms with E-state index in [1.165, 1.54) is 0 Å². The Kier molecular flexibility index (Phi) is 7.15. The zero-order chi connectivity index (χ0) is 22.4. The number of amides is 1. The minimum atomic E-state index is -0.979. The van der Waals surface area contributed by atoms with Crippen LogP contribution in [0.15, 0.2) is 60.7 Å². The first-order valence-corrected chi connectivity index (χ1v) is 10.1. The Morgan fingerprint density at radius 1 is 1.03 bits per heavy atom. The van der Waals surface area contributed by atoms with E-state index in [1.807, 2.05) is 37.3 Å². The van der Waals surface area contributed by atoms with Crippen molar-refractivity contribution in [3.8, 4) is 5.75 Å². The van der Waals surface area contributed by atoms with Crippen molar-refractivity contribution in [1.29, 1.82) is 0 Å². The van der Waals surface area contributed by atoms with Crippen molar-refractivity contribution in [2.24, 2.45) is 0 Å². The summed E-state index contributed by atoms with van der Waals surface area (Å²) in [6, 6.07) is 17.7. The summed E-state index contributed by atoms with van der Waals surface area (Å²) in [5.74, 6) is -0.738. The molecule has 0 aliphatic rings. The maximum absolute atomic E-state index is 12.2. The van der Waals surface area contributed by atoms with Crippen molar-refractivity contribution in [3.63, 3.8) is 0 Å². The highest BCUT2D eigenvalue weighted by Crippen LogP contribution is 2.26. The molecule has 0 fully saturated rings. The Morgan fingerprint density at radius 2 is 1.77 bits per heavy atom. The molecule has 3 aromatic carbocycles. The van der Waals surface area contributed by atoms with Crippen LogP contribution in [0.25, 0.3) is 0 Å². The van der Waals surface area contributed by atoms with E-state index in [9.17, 15) is 14.7 Å². The van der Waals surface area contributed by atoms with Gasteiger partial charge in [-0.1, -0.05) is 35.4 Å². The van der Waals surface area contributed by atoms with Gasteiger partial charge in [0.1, 0.15) is 5.75 Å². The molecular formula is C24H23ClN2O4. The molecule has 0 spiro atoms. The standard InChI is InChI=1S/C24H23ClN2O4/c1-15-6-9-19(10-7-15)27-23(28)14-31-22-11-8-18(25)12-17(22)13-26-21-5-3-4-20(16(21)2)24(29)30/h3-12,26H,13-14H2,1-2H3,(H,27,28)(H,29,30). The third-order valence-electron chi connectivity index (χ3n) is 4.75. The maximum atomic E-state index is 12.2. The topological polar surface area (TPSA) is 87.7 Å². The van der Waals surface area contributed by atoms with Gasteiger partial charge < -0.3 is 20.5 Å². The van der Waals surface area contributed by atoms with Crippen LogP contribution in [0.1, 0.15) is 27.0 Å². The molecule has 0 atom stereocenters. The molecule has 0 heterocycles. The number of rotatable bonds is 8. The fourth-order valence-corrected chi connectivity index (χ4v) is 3.25. The summed E-state index contributed by atoms with van der Waals surface area (Å²) in [5, 5.41) is 15.8. The van der Waals surface area contributed by atoms with Crippen molar-refractivity contribution in [1.82, 2.24) is 0 Å². The molecule has 3 aromatic rings. The first-order valence-electron chi connectivity index (χ1n) is 9.68. The minimum absolute atomic E-state index is 0.157. The van der Waals surface area contributed by atoms with Crippen LogP contribution in [0.3, 0.4) is 0 Å². The smallest absolute Gasteiger partial charge is 0.336 e. The number of hydrogen-bond acceptors (Lipinski definition) is 4. The Morgan fingerprint density at radius 3 is 2.48 bits per heavy atom. The summed E-state index contributed by atoms with van der Waals surface area (Å²) in [4.78, 5) is 23.6. The number of carboxylic acids is 1. The number of anilines is 2. The van der Waals surface area contributed by atoms with Crippen molar-refractivity contribution in [3.05, 3.63) is 87.9 Å². The molecule has 0 aliphatic heterocycles. The lowest BCUT2D eigenvalue weighted by Gasteiger charge is -2.15. The van der Waals surface area contributed by atoms with E-state index in [2.05, 4.69) is 10.6 Å². The molecule has 31 heavy (non-hydrogen) atoms. The summed E-state index contributed by atoms with van der Waals surface area (Å²) < 4.78 is 5.73. The molecule has 3 rings (SSSR count). The quantitative estimate of drug-likeness (QED) is 0.445. The predicted molar refractivity (Wildman–Crippen MR) is 122 cm³/mol. The van der Waals surface area contributed by atoms with Crippen LogP contribution in [0, 0.1) is 13.8 Å². The van der Waals surface area contributed by atoms with Gasteiger partial charge in [0.15, 0.2) is 6.61 Å². The average molecular weight is 439 g/mol. The molecule has 0 unspecified atom stereocenters. The van der Waals surface area contributed by atoms with Crippen LogP contribution in [-0.4, -0.2) is 23.6 Å². The highest BCUT2D eigenvalue weighted by molar-refractivity contribution is 6.30. The van der Waals surface area contributed by atoms with Gasteiger partial charge in [0, 0.05) is 28.5 Å². The molecule has 0 saturated heterocycles. The third kappa shape index (κ3) is 5.99. The number of aromatic carboxylic acids is 1. The molecule has 160 valence electrons. The van der Waals surface area contributed by atoms with E-state index in [4.69, 9.17) is 16.3 Å². The summed E-state index contributed by atoms with van der Waals surface area (Å²) in [6.07, 6.45) is 0. The number of ether oxygens (including phenoxy) is 1. The molecule has 1 amide bonds. The number of carbonyl (C=O) groups excluding carboxylic acids is 1. The van der Waals surface area contributed by atoms with E-state index in [1.54, 1.807) is 37.3 Å². The molecule has 3 N–H and O–H groups in total. The minimum Gasteiger partial charge on any atom is -0.483 e. The number of hydrogen-bond donors (Lipinski definition) is 3. The Balaban J connectivity index is 1.67. The average Bonchev–Trinajstić information content (AvgIpc) is 2.73. The third-order valence-corrected chi connectivity index (χ3v) is 4.99. The molecule has 0 radical (unpaired) electrons. The number of carboxylic acid groups (broad SMARTS) is 1. The van der Waals surface area contributed by atoms with Crippen LogP contribution >= 0.6 is 11.6 Å². The van der Waals surface area contributed by atoms with Gasteiger partial charge in [-0.05, 0) is 61.9 Å². The van der Waals surface area contributed by atoms with Gasteiger partial charge in [-0.2, -0.15) is 0 Å². The molecule has 7 heteroatoms. The predicted octanol–water partition coefficient (Wildman–Crippen LogP) is 5.28. The lowest BCUT2D eigenvalue weighted by Crippen LogP contribution is -2.20. The van der Waals surface area contributed by atoms with Crippen molar-refractivity contribution in [2.75, 3.05) is 17.2 Å². The summed E-state index contributed by atoms with van der Waals surface area (Å²) in [6.45, 7) is 3.91. The van der Waals surface area contributed by atoms with Gasteiger partial charge in [-0.3, -0.25) is 4.79 Å². The number of aryl methyl sites for hydroxylation is 1. The second-order valence-corrected chi connectivity index (χ2v) is 7.53. The Hall–Kier alpha value is -3.51. The fourth-order valence-electron chi connectivity index (χ4n) is 3.05. The van der Waals surface area contributed by atoms with Crippen molar-refractivity contribution in [2.45, 2.75) is 20.4 Å². The summed E-state index contributed by atoms with van der Waals surface area (Å²) in [7, 11) is 0. The largest absolute Gasteiger partial charge is 0.483 e. The molecule has 0 bridgehead atoms. The van der Waals surface area contributed by atoms with Crippen molar-refractivity contribution < 1.29 is 19.4 Å². The fraction of sp³-hybridized carbons (Fsp3) is 0.167. The first kappa shape index (κ1) is 22.2. The second-order valence-electron chi connectivity index (χ2n) is 7.09. The van der Waals surface area contributed by atoms with E-state index >= 15 is 0 Å². The number of carbonyl (C=O) groups is 2. The number of nitrogens with one attached hydrogen (secondary N) is 2. The van der Waals surface area contributed by atoms with E-state index in [0.29, 0.717) is 34.3 Å². The van der Waals surface area contributed by atoms with E-state index in [-0.39, 0.29) is 18.1 Å². The Labute approximate surface area is 185 Å². The SMILES string of the molecule is Cc1ccc(NC(=O)COc2ccc(Cl)cc2CNc2cccc(C(=O)O)c2C)cc1. The van der Waals surface area contributed by atoms with Crippen LogP contribution in [-0.2, 0) is 11.3 Å². The van der Waals surface area contributed by atoms with Crippen molar-refractivity contribution >= 4 is 34.9 Å². The number of benzene rings is 3. The monoisotopic (exact) mass is 438 g/mol.